The molecule has 0 unspecified atom stereocenters. The monoisotopic (exact) mass is 456 g/mol. The number of nitrogens with two attached hydrogens (primary N) is 1. The molecule has 0 amide bonds. The molecular formula is C25H21ClN6O. The van der Waals surface area contributed by atoms with Crippen LogP contribution in [0.25, 0.3) is 16.9 Å². The zero-order chi connectivity index (χ0) is 22.6. The van der Waals surface area contributed by atoms with Crippen LogP contribution in [0.3, 0.4) is 0 Å². The molecule has 0 bridgehead atoms. The number of piperidine rings is 1. The predicted molar refractivity (Wildman–Crippen MR) is 126 cm³/mol. The molecule has 4 aromatic rings. The zero-order valence-corrected chi connectivity index (χ0v) is 18.5. The summed E-state index contributed by atoms with van der Waals surface area (Å²) in [6, 6.07) is 15.4. The van der Waals surface area contributed by atoms with Gasteiger partial charge in [0.25, 0.3) is 0 Å². The van der Waals surface area contributed by atoms with Gasteiger partial charge in [0, 0.05) is 49.5 Å². The lowest BCUT2D eigenvalue weighted by molar-refractivity contribution is 0.0431. The van der Waals surface area contributed by atoms with Gasteiger partial charge in [-0.1, -0.05) is 35.9 Å². The van der Waals surface area contributed by atoms with Gasteiger partial charge in [-0.2, -0.15) is 5.26 Å². The number of aromatic nitrogens is 3. The van der Waals surface area contributed by atoms with E-state index in [1.807, 2.05) is 47.1 Å². The van der Waals surface area contributed by atoms with Gasteiger partial charge in [0.2, 0.25) is 0 Å². The van der Waals surface area contributed by atoms with Crippen LogP contribution in [0, 0.1) is 11.3 Å². The third-order valence-electron chi connectivity index (χ3n) is 6.84. The first kappa shape index (κ1) is 20.0. The highest BCUT2D eigenvalue weighted by molar-refractivity contribution is 6.34. The van der Waals surface area contributed by atoms with E-state index in [0.717, 1.165) is 48.6 Å². The van der Waals surface area contributed by atoms with Crippen molar-refractivity contribution in [1.82, 2.24) is 14.4 Å². The fourth-order valence-electron chi connectivity index (χ4n) is 5.05. The van der Waals surface area contributed by atoms with Gasteiger partial charge in [-0.05, 0) is 18.2 Å². The lowest BCUT2D eigenvalue weighted by Gasteiger charge is -2.41. The van der Waals surface area contributed by atoms with Gasteiger partial charge in [0.15, 0.2) is 5.82 Å². The third kappa shape index (κ3) is 2.99. The minimum absolute atomic E-state index is 0.129. The average Bonchev–Trinajstić information content (AvgIpc) is 3.39. The average molecular weight is 457 g/mol. The summed E-state index contributed by atoms with van der Waals surface area (Å²) in [5, 5.41) is 9.73. The third-order valence-corrected chi connectivity index (χ3v) is 7.25. The van der Waals surface area contributed by atoms with E-state index in [4.69, 9.17) is 22.1 Å². The van der Waals surface area contributed by atoms with Gasteiger partial charge in [-0.25, -0.2) is 9.97 Å². The number of fused-ring (bicyclic) bond motifs is 2. The largest absolute Gasteiger partial charge is 0.485 e. The number of para-hydroxylation sites is 1. The second-order valence-corrected chi connectivity index (χ2v) is 8.91. The van der Waals surface area contributed by atoms with Crippen molar-refractivity contribution in [3.8, 4) is 23.2 Å². The van der Waals surface area contributed by atoms with Gasteiger partial charge in [0.05, 0.1) is 22.8 Å². The number of ether oxygens (including phenoxy) is 1. The van der Waals surface area contributed by atoms with Crippen LogP contribution in [0.2, 0.25) is 5.02 Å². The van der Waals surface area contributed by atoms with Gasteiger partial charge in [0.1, 0.15) is 28.8 Å². The quantitative estimate of drug-likeness (QED) is 0.482. The molecule has 164 valence electrons. The molecule has 7 nitrogen and oxygen atoms in total. The first-order chi connectivity index (χ1) is 16.1. The first-order valence-corrected chi connectivity index (χ1v) is 11.3. The van der Waals surface area contributed by atoms with E-state index in [0.29, 0.717) is 22.0 Å². The Balaban J connectivity index is 1.31. The number of nitrogens with zero attached hydrogens (tertiary/aromatic N) is 5. The second kappa shape index (κ2) is 7.48. The van der Waals surface area contributed by atoms with Crippen molar-refractivity contribution in [2.75, 3.05) is 18.0 Å². The number of rotatable bonds is 2. The summed E-state index contributed by atoms with van der Waals surface area (Å²) in [6.07, 6.45) is 7.07. The molecule has 2 aromatic heterocycles. The summed E-state index contributed by atoms with van der Waals surface area (Å²) < 4.78 is 8.36. The molecule has 8 heteroatoms. The molecule has 0 radical (unpaired) electrons. The van der Waals surface area contributed by atoms with Crippen molar-refractivity contribution in [1.29, 1.82) is 5.26 Å². The van der Waals surface area contributed by atoms with Gasteiger partial charge in [-0.15, -0.1) is 0 Å². The molecule has 2 aliphatic heterocycles. The van der Waals surface area contributed by atoms with Gasteiger partial charge >= 0.3 is 0 Å². The SMILES string of the molecule is N#Cc1cccc(-c2ncc3c(N4CCC5(CC4)Oc4ccccc4[C@H]5N)nccn23)c1Cl. The maximum absolute atomic E-state index is 9.33. The highest BCUT2D eigenvalue weighted by Crippen LogP contribution is 2.47. The van der Waals surface area contributed by atoms with Crippen LogP contribution in [0.4, 0.5) is 5.82 Å². The van der Waals surface area contributed by atoms with Crippen molar-refractivity contribution in [2.45, 2.75) is 24.5 Å². The lowest BCUT2D eigenvalue weighted by Crippen LogP contribution is -2.51. The molecule has 6 rings (SSSR count). The number of hydrogen-bond acceptors (Lipinski definition) is 6. The van der Waals surface area contributed by atoms with E-state index in [-0.39, 0.29) is 11.6 Å². The molecule has 2 aliphatic rings. The maximum atomic E-state index is 9.33. The molecule has 1 atom stereocenters. The standard InChI is InChI=1S/C25H21ClN6O/c26-21-16(14-27)4-3-6-18(21)23-30-15-19-24(29-10-13-32(19)23)31-11-8-25(9-12-31)22(28)17-5-1-2-7-20(17)33-25/h1-7,10,13,15,22H,8-9,11-12,28H2/t22-/m1/s1. The van der Waals surface area contributed by atoms with Crippen molar-refractivity contribution in [3.05, 3.63) is 77.2 Å². The predicted octanol–water partition coefficient (Wildman–Crippen LogP) is 4.35. The van der Waals surface area contributed by atoms with Crippen molar-refractivity contribution in [2.24, 2.45) is 5.73 Å². The highest BCUT2D eigenvalue weighted by atomic mass is 35.5. The summed E-state index contributed by atoms with van der Waals surface area (Å²) >= 11 is 6.48. The van der Waals surface area contributed by atoms with Crippen LogP contribution in [0.15, 0.2) is 61.1 Å². The number of hydrogen-bond donors (Lipinski definition) is 1. The number of anilines is 1. The summed E-state index contributed by atoms with van der Waals surface area (Å²) in [6.45, 7) is 1.55. The Labute approximate surface area is 196 Å². The molecule has 0 saturated carbocycles. The Hall–Kier alpha value is -3.60. The fraction of sp³-hybridized carbons (Fsp3) is 0.240. The number of halogens is 1. The lowest BCUT2D eigenvalue weighted by atomic mass is 9.83. The Morgan fingerprint density at radius 1 is 1.12 bits per heavy atom. The van der Waals surface area contributed by atoms with Gasteiger partial charge in [-0.3, -0.25) is 4.40 Å². The summed E-state index contributed by atoms with van der Waals surface area (Å²) in [5.74, 6) is 2.44. The summed E-state index contributed by atoms with van der Waals surface area (Å²) in [4.78, 5) is 11.6. The van der Waals surface area contributed by atoms with Crippen LogP contribution in [-0.4, -0.2) is 33.1 Å². The van der Waals surface area contributed by atoms with E-state index >= 15 is 0 Å². The first-order valence-electron chi connectivity index (χ1n) is 10.9. The maximum Gasteiger partial charge on any atom is 0.154 e. The van der Waals surface area contributed by atoms with Crippen LogP contribution in [0.5, 0.6) is 5.75 Å². The minimum atomic E-state index is -0.373. The molecule has 0 aliphatic carbocycles. The Bertz CT molecular complexity index is 1420. The fourth-order valence-corrected chi connectivity index (χ4v) is 5.31. The summed E-state index contributed by atoms with van der Waals surface area (Å²) in [5.41, 5.74) is 9.37. The molecule has 1 fully saturated rings. The van der Waals surface area contributed by atoms with Crippen LogP contribution < -0.4 is 15.4 Å². The topological polar surface area (TPSA) is 92.5 Å². The van der Waals surface area contributed by atoms with E-state index in [1.54, 1.807) is 12.3 Å². The van der Waals surface area contributed by atoms with E-state index in [9.17, 15) is 5.26 Å². The van der Waals surface area contributed by atoms with E-state index in [2.05, 4.69) is 27.0 Å². The normalized spacial score (nSPS) is 18.8. The second-order valence-electron chi connectivity index (χ2n) is 8.54. The van der Waals surface area contributed by atoms with Gasteiger partial charge < -0.3 is 15.4 Å². The molecule has 1 spiro atoms. The highest BCUT2D eigenvalue weighted by Gasteiger charge is 2.48. The van der Waals surface area contributed by atoms with E-state index in [1.165, 1.54) is 0 Å². The number of benzene rings is 2. The Morgan fingerprint density at radius 2 is 1.94 bits per heavy atom. The van der Waals surface area contributed by atoms with Crippen LogP contribution >= 0.6 is 11.6 Å². The molecule has 2 N–H and O–H groups in total. The van der Waals surface area contributed by atoms with Crippen molar-refractivity contribution < 1.29 is 4.74 Å². The van der Waals surface area contributed by atoms with Crippen LogP contribution in [-0.2, 0) is 0 Å². The zero-order valence-electron chi connectivity index (χ0n) is 17.8. The Morgan fingerprint density at radius 3 is 2.73 bits per heavy atom. The summed E-state index contributed by atoms with van der Waals surface area (Å²) in [7, 11) is 0. The minimum Gasteiger partial charge on any atom is -0.485 e. The smallest absolute Gasteiger partial charge is 0.154 e. The van der Waals surface area contributed by atoms with E-state index < -0.39 is 0 Å². The Kier molecular flexibility index (Phi) is 4.54. The van der Waals surface area contributed by atoms with Crippen molar-refractivity contribution >= 4 is 22.9 Å². The molecular weight excluding hydrogens is 436 g/mol. The molecule has 2 aromatic carbocycles. The number of imidazole rings is 1. The number of nitriles is 1. The van der Waals surface area contributed by atoms with Crippen LogP contribution in [0.1, 0.15) is 30.0 Å². The molecule has 4 heterocycles. The molecule has 33 heavy (non-hydrogen) atoms. The van der Waals surface area contributed by atoms with Crippen molar-refractivity contribution in [3.63, 3.8) is 0 Å². The molecule has 1 saturated heterocycles.